The normalized spacial score (nSPS) is 13.2. The minimum Gasteiger partial charge on any atom is -0.465 e. The Labute approximate surface area is 100.0 Å². The van der Waals surface area contributed by atoms with Gasteiger partial charge >= 0.3 is 5.97 Å². The van der Waals surface area contributed by atoms with Crippen molar-refractivity contribution < 1.29 is 23.1 Å². The highest BCUT2D eigenvalue weighted by molar-refractivity contribution is 7.90. The number of aliphatic hydroxyl groups excluding tert-OH is 1. The van der Waals surface area contributed by atoms with E-state index in [0.717, 1.165) is 6.26 Å². The molecule has 5 nitrogen and oxygen atoms in total. The standard InChI is InChI=1S/C11H14O5S/c1-7(12)9-5-4-8(11(13)16-2)6-10(9)17(3,14)15/h4-7,12H,1-3H3/t7-/m1/s1. The van der Waals surface area contributed by atoms with Gasteiger partial charge in [-0.15, -0.1) is 0 Å². The van der Waals surface area contributed by atoms with Crippen molar-refractivity contribution in [3.63, 3.8) is 0 Å². The lowest BCUT2D eigenvalue weighted by Gasteiger charge is -2.11. The van der Waals surface area contributed by atoms with Gasteiger partial charge in [0.15, 0.2) is 9.84 Å². The highest BCUT2D eigenvalue weighted by Gasteiger charge is 2.19. The van der Waals surface area contributed by atoms with Gasteiger partial charge in [-0.25, -0.2) is 13.2 Å². The first-order valence-electron chi connectivity index (χ1n) is 4.87. The minimum absolute atomic E-state index is 0.0598. The minimum atomic E-state index is -3.51. The van der Waals surface area contributed by atoms with Crippen LogP contribution >= 0.6 is 0 Å². The molecule has 0 unspecified atom stereocenters. The molecule has 17 heavy (non-hydrogen) atoms. The zero-order chi connectivity index (χ0) is 13.2. The number of carbonyl (C=O) groups is 1. The van der Waals surface area contributed by atoms with Crippen LogP contribution in [0.25, 0.3) is 0 Å². The summed E-state index contributed by atoms with van der Waals surface area (Å²) in [6.07, 6.45) is 0.0985. The molecule has 0 aromatic heterocycles. The quantitative estimate of drug-likeness (QED) is 0.816. The molecule has 0 saturated carbocycles. The lowest BCUT2D eigenvalue weighted by molar-refractivity contribution is 0.0600. The van der Waals surface area contributed by atoms with Crippen LogP contribution in [0.3, 0.4) is 0 Å². The van der Waals surface area contributed by atoms with E-state index in [1.807, 2.05) is 0 Å². The molecule has 1 aromatic carbocycles. The summed E-state index contributed by atoms with van der Waals surface area (Å²) in [5.74, 6) is -0.618. The molecule has 1 N–H and O–H groups in total. The fraction of sp³-hybridized carbons (Fsp3) is 0.364. The maximum absolute atomic E-state index is 11.6. The Morgan fingerprint density at radius 1 is 1.41 bits per heavy atom. The van der Waals surface area contributed by atoms with E-state index < -0.39 is 21.9 Å². The topological polar surface area (TPSA) is 80.7 Å². The molecule has 0 amide bonds. The number of ether oxygens (including phenoxy) is 1. The fourth-order valence-electron chi connectivity index (χ4n) is 1.45. The molecule has 6 heteroatoms. The Morgan fingerprint density at radius 2 is 2.00 bits per heavy atom. The maximum Gasteiger partial charge on any atom is 0.337 e. The van der Waals surface area contributed by atoms with Gasteiger partial charge in [-0.3, -0.25) is 0 Å². The Hall–Kier alpha value is -1.40. The van der Waals surface area contributed by atoms with Crippen LogP contribution in [0.2, 0.25) is 0 Å². The Kier molecular flexibility index (Phi) is 3.90. The van der Waals surface area contributed by atoms with Gasteiger partial charge in [0, 0.05) is 6.26 Å². The van der Waals surface area contributed by atoms with Crippen LogP contribution in [0, 0.1) is 0 Å². The van der Waals surface area contributed by atoms with Gasteiger partial charge in [0.25, 0.3) is 0 Å². The number of benzene rings is 1. The first-order valence-corrected chi connectivity index (χ1v) is 6.77. The molecule has 0 spiro atoms. The molecule has 0 radical (unpaired) electrons. The Balaban J connectivity index is 3.45. The van der Waals surface area contributed by atoms with E-state index in [0.29, 0.717) is 0 Å². The smallest absolute Gasteiger partial charge is 0.337 e. The van der Waals surface area contributed by atoms with Crippen molar-refractivity contribution >= 4 is 15.8 Å². The van der Waals surface area contributed by atoms with Gasteiger partial charge in [0.1, 0.15) is 0 Å². The zero-order valence-corrected chi connectivity index (χ0v) is 10.6. The molecule has 0 bridgehead atoms. The van der Waals surface area contributed by atoms with Crippen molar-refractivity contribution in [1.82, 2.24) is 0 Å². The molecule has 0 aliphatic heterocycles. The molecule has 1 aromatic rings. The summed E-state index contributed by atoms with van der Waals surface area (Å²) in [6, 6.07) is 4.04. The van der Waals surface area contributed by atoms with Crippen molar-refractivity contribution in [2.45, 2.75) is 17.9 Å². The van der Waals surface area contributed by atoms with E-state index in [1.54, 1.807) is 0 Å². The Bertz CT molecular complexity index is 531. The number of sulfone groups is 1. The predicted octanol–water partition coefficient (Wildman–Crippen LogP) is 0.930. The van der Waals surface area contributed by atoms with Crippen molar-refractivity contribution in [2.24, 2.45) is 0 Å². The number of aliphatic hydroxyl groups is 1. The average molecular weight is 258 g/mol. The number of hydrogen-bond donors (Lipinski definition) is 1. The summed E-state index contributed by atoms with van der Waals surface area (Å²) in [5, 5.41) is 9.47. The van der Waals surface area contributed by atoms with Crippen LogP contribution in [-0.2, 0) is 14.6 Å². The van der Waals surface area contributed by atoms with Gasteiger partial charge in [-0.05, 0) is 24.6 Å². The van der Waals surface area contributed by atoms with E-state index >= 15 is 0 Å². The van der Waals surface area contributed by atoms with Crippen molar-refractivity contribution in [2.75, 3.05) is 13.4 Å². The zero-order valence-electron chi connectivity index (χ0n) is 9.80. The first kappa shape index (κ1) is 13.7. The maximum atomic E-state index is 11.6. The van der Waals surface area contributed by atoms with Crippen LogP contribution < -0.4 is 0 Å². The number of esters is 1. The highest BCUT2D eigenvalue weighted by Crippen LogP contribution is 2.24. The third kappa shape index (κ3) is 3.04. The summed E-state index contributed by atoms with van der Waals surface area (Å²) in [5.41, 5.74) is 0.400. The molecule has 0 aliphatic rings. The molecule has 0 aliphatic carbocycles. The van der Waals surface area contributed by atoms with E-state index in [4.69, 9.17) is 0 Å². The molecule has 0 fully saturated rings. The lowest BCUT2D eigenvalue weighted by Crippen LogP contribution is -2.09. The highest BCUT2D eigenvalue weighted by atomic mass is 32.2. The van der Waals surface area contributed by atoms with E-state index in [-0.39, 0.29) is 16.0 Å². The SMILES string of the molecule is COC(=O)c1ccc([C@@H](C)O)c(S(C)(=O)=O)c1. The molecular formula is C11H14O5S. The largest absolute Gasteiger partial charge is 0.465 e. The summed E-state index contributed by atoms with van der Waals surface area (Å²) >= 11 is 0. The molecule has 0 heterocycles. The van der Waals surface area contributed by atoms with E-state index in [2.05, 4.69) is 4.74 Å². The summed E-state index contributed by atoms with van der Waals surface area (Å²) in [6.45, 7) is 1.46. The average Bonchev–Trinajstić information content (AvgIpc) is 2.25. The van der Waals surface area contributed by atoms with Gasteiger partial charge in [-0.1, -0.05) is 6.07 Å². The number of methoxy groups -OCH3 is 1. The molecule has 94 valence electrons. The van der Waals surface area contributed by atoms with Crippen molar-refractivity contribution in [3.8, 4) is 0 Å². The van der Waals surface area contributed by atoms with Gasteiger partial charge in [-0.2, -0.15) is 0 Å². The Morgan fingerprint density at radius 3 is 2.41 bits per heavy atom. The summed E-state index contributed by atoms with van der Waals surface area (Å²) < 4.78 is 27.6. The lowest BCUT2D eigenvalue weighted by atomic mass is 10.1. The second-order valence-electron chi connectivity index (χ2n) is 3.69. The number of rotatable bonds is 3. The van der Waals surface area contributed by atoms with E-state index in [9.17, 15) is 18.3 Å². The molecule has 1 atom stereocenters. The van der Waals surface area contributed by atoms with Crippen molar-refractivity contribution in [1.29, 1.82) is 0 Å². The van der Waals surface area contributed by atoms with Crippen molar-refractivity contribution in [3.05, 3.63) is 29.3 Å². The second kappa shape index (κ2) is 4.85. The third-order valence-corrected chi connectivity index (χ3v) is 3.44. The third-order valence-electron chi connectivity index (χ3n) is 2.28. The molecule has 1 rings (SSSR count). The summed E-state index contributed by atoms with van der Waals surface area (Å²) in [7, 11) is -2.30. The van der Waals surface area contributed by atoms with Crippen LogP contribution in [0.5, 0.6) is 0 Å². The number of hydrogen-bond acceptors (Lipinski definition) is 5. The van der Waals surface area contributed by atoms with Crippen LogP contribution in [-0.4, -0.2) is 32.9 Å². The second-order valence-corrected chi connectivity index (χ2v) is 5.68. The van der Waals surface area contributed by atoms with Gasteiger partial charge < -0.3 is 9.84 Å². The fourth-order valence-corrected chi connectivity index (χ4v) is 2.45. The van der Waals surface area contributed by atoms with Gasteiger partial charge in [0.2, 0.25) is 0 Å². The molecule has 0 saturated heterocycles. The van der Waals surface area contributed by atoms with Crippen LogP contribution in [0.1, 0.15) is 28.9 Å². The van der Waals surface area contributed by atoms with E-state index in [1.165, 1.54) is 32.2 Å². The summed E-state index contributed by atoms with van der Waals surface area (Å²) in [4.78, 5) is 11.2. The van der Waals surface area contributed by atoms with Gasteiger partial charge in [0.05, 0.1) is 23.7 Å². The predicted molar refractivity (Wildman–Crippen MR) is 61.5 cm³/mol. The first-order chi connectivity index (χ1) is 7.77. The number of carbonyl (C=O) groups excluding carboxylic acids is 1. The molecular weight excluding hydrogens is 244 g/mol. The van der Waals surface area contributed by atoms with Crippen LogP contribution in [0.4, 0.5) is 0 Å². The monoisotopic (exact) mass is 258 g/mol. The van der Waals surface area contributed by atoms with Crippen LogP contribution in [0.15, 0.2) is 23.1 Å².